The summed E-state index contributed by atoms with van der Waals surface area (Å²) in [6.45, 7) is 7.16. The molecule has 0 radical (unpaired) electrons. The molecule has 32 heavy (non-hydrogen) atoms. The molecule has 3 aliphatic rings. The number of nitrogens with two attached hydrogens (primary N) is 1. The van der Waals surface area contributed by atoms with E-state index in [9.17, 15) is 14.0 Å². The van der Waals surface area contributed by atoms with Crippen LogP contribution in [0.25, 0.3) is 0 Å². The first-order chi connectivity index (χ1) is 15.2. The number of nitrogen functional groups attached to an aromatic ring is 1. The molecule has 1 aromatic rings. The van der Waals surface area contributed by atoms with Crippen LogP contribution in [0.2, 0.25) is 0 Å². The lowest BCUT2D eigenvalue weighted by atomic mass is 9.96. The summed E-state index contributed by atoms with van der Waals surface area (Å²) < 4.78 is 14.1. The number of amides is 2. The number of nitrogens with zero attached hydrogens (tertiary/aromatic N) is 4. The number of halogens is 1. The van der Waals surface area contributed by atoms with Gasteiger partial charge in [-0.1, -0.05) is 0 Å². The van der Waals surface area contributed by atoms with Crippen molar-refractivity contribution >= 4 is 24.0 Å². The van der Waals surface area contributed by atoms with Gasteiger partial charge in [0, 0.05) is 43.7 Å². The number of nitrogens with one attached hydrogen (secondary N) is 2. The first-order valence-corrected chi connectivity index (χ1v) is 10.9. The average Bonchev–Trinajstić information content (AvgIpc) is 3.39. The van der Waals surface area contributed by atoms with Crippen LogP contribution >= 0.6 is 0 Å². The van der Waals surface area contributed by atoms with E-state index in [1.807, 2.05) is 13.8 Å². The van der Waals surface area contributed by atoms with E-state index in [1.54, 1.807) is 13.0 Å². The maximum absolute atomic E-state index is 14.1. The number of allylic oxidation sites excluding steroid dienone is 3. The van der Waals surface area contributed by atoms with Crippen molar-refractivity contribution in [3.05, 3.63) is 34.9 Å². The highest BCUT2D eigenvalue weighted by Gasteiger charge is 2.51. The Labute approximate surface area is 186 Å². The lowest BCUT2D eigenvalue weighted by Crippen LogP contribution is -2.58. The number of piperidine rings is 1. The Bertz CT molecular complexity index is 994. The number of rotatable bonds is 6. The summed E-state index contributed by atoms with van der Waals surface area (Å²) in [5.74, 6) is 0.692. The quantitative estimate of drug-likeness (QED) is 0.454. The van der Waals surface area contributed by atoms with E-state index in [0.29, 0.717) is 68.2 Å². The van der Waals surface area contributed by atoms with Crippen LogP contribution < -0.4 is 16.4 Å². The predicted molar refractivity (Wildman–Crippen MR) is 119 cm³/mol. The molecule has 0 bridgehead atoms. The molecule has 1 aliphatic carbocycles. The Morgan fingerprint density at radius 2 is 1.97 bits per heavy atom. The highest BCUT2D eigenvalue weighted by atomic mass is 19.1. The van der Waals surface area contributed by atoms with Crippen LogP contribution in [0.4, 0.5) is 16.0 Å². The minimum absolute atomic E-state index is 0.279. The maximum atomic E-state index is 14.1. The summed E-state index contributed by atoms with van der Waals surface area (Å²) in [6, 6.07) is 0. The van der Waals surface area contributed by atoms with Gasteiger partial charge in [0.1, 0.15) is 35.0 Å². The fourth-order valence-electron chi connectivity index (χ4n) is 4.52. The van der Waals surface area contributed by atoms with E-state index < -0.39 is 11.3 Å². The Morgan fingerprint density at radius 3 is 2.59 bits per heavy atom. The summed E-state index contributed by atoms with van der Waals surface area (Å²) in [5.41, 5.74) is 6.48. The Hall–Kier alpha value is -3.01. The summed E-state index contributed by atoms with van der Waals surface area (Å²) in [7, 11) is 0. The number of anilines is 2. The van der Waals surface area contributed by atoms with Gasteiger partial charge in [-0.3, -0.25) is 19.4 Å². The monoisotopic (exact) mass is 443 g/mol. The Kier molecular flexibility index (Phi) is 5.66. The molecule has 1 aromatic heterocycles. The van der Waals surface area contributed by atoms with Gasteiger partial charge < -0.3 is 16.4 Å². The molecule has 1 spiro atoms. The SMILES string of the molecule is CC(/C=C(\C)Nc1ncnc(N)c1C)=C1\C(=O)NC2(CCN(CC3(F)CC3)CC2)N1C=O. The van der Waals surface area contributed by atoms with Crippen LogP contribution in [-0.4, -0.2) is 63.1 Å². The second-order valence-electron chi connectivity index (χ2n) is 9.10. The zero-order chi connectivity index (χ0) is 23.1. The smallest absolute Gasteiger partial charge is 0.270 e. The fourth-order valence-corrected chi connectivity index (χ4v) is 4.52. The third-order valence-electron chi connectivity index (χ3n) is 6.60. The Morgan fingerprint density at radius 1 is 1.28 bits per heavy atom. The van der Waals surface area contributed by atoms with Gasteiger partial charge in [0.2, 0.25) is 6.41 Å². The van der Waals surface area contributed by atoms with Crippen molar-refractivity contribution in [2.24, 2.45) is 0 Å². The lowest BCUT2D eigenvalue weighted by Gasteiger charge is -2.43. The predicted octanol–water partition coefficient (Wildman–Crippen LogP) is 1.84. The van der Waals surface area contributed by atoms with Gasteiger partial charge in [-0.05, 0) is 45.3 Å². The molecule has 10 heteroatoms. The van der Waals surface area contributed by atoms with Crippen LogP contribution in [0.1, 0.15) is 45.1 Å². The second kappa shape index (κ2) is 8.16. The minimum atomic E-state index is -1.04. The Balaban J connectivity index is 1.52. The van der Waals surface area contributed by atoms with Crippen molar-refractivity contribution in [3.63, 3.8) is 0 Å². The zero-order valence-corrected chi connectivity index (χ0v) is 18.7. The van der Waals surface area contributed by atoms with Crippen LogP contribution in [-0.2, 0) is 9.59 Å². The van der Waals surface area contributed by atoms with Gasteiger partial charge >= 0.3 is 0 Å². The lowest BCUT2D eigenvalue weighted by molar-refractivity contribution is -0.122. The highest BCUT2D eigenvalue weighted by Crippen LogP contribution is 2.42. The highest BCUT2D eigenvalue weighted by molar-refractivity contribution is 5.99. The third-order valence-corrected chi connectivity index (χ3v) is 6.60. The van der Waals surface area contributed by atoms with E-state index in [-0.39, 0.29) is 5.91 Å². The zero-order valence-electron chi connectivity index (χ0n) is 18.7. The topological polar surface area (TPSA) is 116 Å². The second-order valence-corrected chi connectivity index (χ2v) is 9.10. The van der Waals surface area contributed by atoms with Crippen LogP contribution in [0, 0.1) is 6.92 Å². The van der Waals surface area contributed by atoms with Gasteiger partial charge in [0.05, 0.1) is 0 Å². The van der Waals surface area contributed by atoms with Crippen molar-refractivity contribution in [1.29, 1.82) is 0 Å². The molecule has 0 atom stereocenters. The maximum Gasteiger partial charge on any atom is 0.270 e. The summed E-state index contributed by atoms with van der Waals surface area (Å²) in [5, 5.41) is 6.20. The number of aromatic nitrogens is 2. The van der Waals surface area contributed by atoms with Crippen molar-refractivity contribution in [1.82, 2.24) is 25.1 Å². The average molecular weight is 444 g/mol. The molecule has 2 saturated heterocycles. The largest absolute Gasteiger partial charge is 0.383 e. The molecule has 0 aromatic carbocycles. The van der Waals surface area contributed by atoms with Crippen molar-refractivity contribution in [2.45, 2.75) is 57.8 Å². The third kappa shape index (κ3) is 4.19. The number of likely N-dealkylation sites (tertiary alicyclic amines) is 1. The molecular formula is C22H30FN7O2. The van der Waals surface area contributed by atoms with E-state index >= 15 is 0 Å². The van der Waals surface area contributed by atoms with E-state index in [0.717, 1.165) is 17.7 Å². The van der Waals surface area contributed by atoms with E-state index in [4.69, 9.17) is 5.73 Å². The standard InChI is InChI=1S/C22H30FN7O2/c1-14(10-15(2)27-19-16(3)18(24)25-12-26-19)17-20(32)28-22(30(17)13-31)6-8-29(9-7-22)11-21(23)4-5-21/h10,12-13H,4-9,11H2,1-3H3,(H,28,32)(H3,24,25,26,27)/b15-10+,17-14-. The molecule has 3 heterocycles. The first kappa shape index (κ1) is 22.2. The van der Waals surface area contributed by atoms with E-state index in [1.165, 1.54) is 11.2 Å². The number of carbonyl (C=O) groups is 2. The van der Waals surface area contributed by atoms with Crippen LogP contribution in [0.15, 0.2) is 29.4 Å². The van der Waals surface area contributed by atoms with Crippen LogP contribution in [0.3, 0.4) is 0 Å². The molecule has 2 amide bonds. The minimum Gasteiger partial charge on any atom is -0.383 e. The van der Waals surface area contributed by atoms with Gasteiger partial charge in [-0.15, -0.1) is 0 Å². The molecule has 9 nitrogen and oxygen atoms in total. The van der Waals surface area contributed by atoms with Gasteiger partial charge in [0.15, 0.2) is 0 Å². The summed E-state index contributed by atoms with van der Waals surface area (Å²) >= 11 is 0. The molecule has 172 valence electrons. The molecule has 2 aliphatic heterocycles. The molecule has 3 fully saturated rings. The van der Waals surface area contributed by atoms with Gasteiger partial charge in [0.25, 0.3) is 5.91 Å². The molecule has 4 rings (SSSR count). The molecule has 4 N–H and O–H groups in total. The number of carbonyl (C=O) groups excluding carboxylic acids is 2. The van der Waals surface area contributed by atoms with Crippen LogP contribution in [0.5, 0.6) is 0 Å². The number of alkyl halides is 1. The van der Waals surface area contributed by atoms with Crippen molar-refractivity contribution in [2.75, 3.05) is 30.7 Å². The normalized spacial score (nSPS) is 23.8. The van der Waals surface area contributed by atoms with E-state index in [2.05, 4.69) is 25.5 Å². The number of hydrogen-bond donors (Lipinski definition) is 3. The number of hydrogen-bond acceptors (Lipinski definition) is 7. The van der Waals surface area contributed by atoms with Gasteiger partial charge in [-0.2, -0.15) is 0 Å². The molecule has 1 saturated carbocycles. The molecule has 0 unspecified atom stereocenters. The van der Waals surface area contributed by atoms with Gasteiger partial charge in [-0.25, -0.2) is 14.4 Å². The van der Waals surface area contributed by atoms with Crippen molar-refractivity contribution in [3.8, 4) is 0 Å². The summed E-state index contributed by atoms with van der Waals surface area (Å²) in [4.78, 5) is 36.7. The molecular weight excluding hydrogens is 413 g/mol. The first-order valence-electron chi connectivity index (χ1n) is 10.9. The van der Waals surface area contributed by atoms with Crippen molar-refractivity contribution < 1.29 is 14.0 Å². The summed E-state index contributed by atoms with van der Waals surface area (Å²) in [6.07, 6.45) is 6.27. The fraction of sp³-hybridized carbons (Fsp3) is 0.545.